The average molecular weight is 424 g/mol. The molecule has 5 atom stereocenters. The van der Waals surface area contributed by atoms with Crippen LogP contribution in [0.4, 0.5) is 5.82 Å². The van der Waals surface area contributed by atoms with Gasteiger partial charge in [0.25, 0.3) is 0 Å². The van der Waals surface area contributed by atoms with Crippen LogP contribution < -0.4 is 11.1 Å². The van der Waals surface area contributed by atoms with E-state index < -0.39 is 24.5 Å². The molecule has 4 heterocycles. The van der Waals surface area contributed by atoms with Crippen molar-refractivity contribution in [2.75, 3.05) is 18.8 Å². The van der Waals surface area contributed by atoms with Gasteiger partial charge >= 0.3 is 0 Å². The lowest BCUT2D eigenvalue weighted by atomic mass is 9.98. The molecular formula is C17H22BrN5O3. The van der Waals surface area contributed by atoms with Crippen molar-refractivity contribution in [1.29, 1.82) is 0 Å². The third-order valence-corrected chi connectivity index (χ3v) is 5.65. The number of rotatable bonds is 3. The van der Waals surface area contributed by atoms with Crippen LogP contribution in [0, 0.1) is 5.92 Å². The lowest BCUT2D eigenvalue weighted by Crippen LogP contribution is -2.31. The second-order valence-electron chi connectivity index (χ2n) is 6.81. The summed E-state index contributed by atoms with van der Waals surface area (Å²) in [5.41, 5.74) is 6.47. The van der Waals surface area contributed by atoms with Crippen molar-refractivity contribution in [1.82, 2.24) is 19.9 Å². The Labute approximate surface area is 159 Å². The number of halogens is 1. The zero-order valence-electron chi connectivity index (χ0n) is 14.1. The molecule has 1 unspecified atom stereocenters. The van der Waals surface area contributed by atoms with E-state index in [2.05, 4.69) is 37.3 Å². The van der Waals surface area contributed by atoms with Crippen molar-refractivity contribution in [3.8, 4) is 0 Å². The Balaban J connectivity index is 1.58. The first kappa shape index (κ1) is 17.9. The van der Waals surface area contributed by atoms with Gasteiger partial charge < -0.3 is 30.6 Å². The number of nitrogen functional groups attached to an aromatic ring is 1. The van der Waals surface area contributed by atoms with E-state index >= 15 is 0 Å². The molecule has 0 amide bonds. The summed E-state index contributed by atoms with van der Waals surface area (Å²) in [6, 6.07) is 0. The number of fused-ring (bicyclic) bond motifs is 1. The third kappa shape index (κ3) is 3.14. The number of nitrogens with zero attached hydrogens (tertiary/aromatic N) is 3. The zero-order valence-corrected chi connectivity index (χ0v) is 15.7. The van der Waals surface area contributed by atoms with Crippen LogP contribution in [0.25, 0.3) is 11.0 Å². The van der Waals surface area contributed by atoms with Gasteiger partial charge in [0.05, 0.1) is 5.39 Å². The van der Waals surface area contributed by atoms with Gasteiger partial charge in [0, 0.05) is 17.2 Å². The summed E-state index contributed by atoms with van der Waals surface area (Å²) in [5.74, 6) is 0.764. The van der Waals surface area contributed by atoms with Gasteiger partial charge in [0.2, 0.25) is 0 Å². The van der Waals surface area contributed by atoms with Crippen LogP contribution in [0.3, 0.4) is 0 Å². The molecule has 2 aromatic rings. The van der Waals surface area contributed by atoms with Crippen LogP contribution in [-0.2, 0) is 4.74 Å². The van der Waals surface area contributed by atoms with Gasteiger partial charge in [-0.25, -0.2) is 9.97 Å². The standard InChI is InChI=1S/C17H22BrN5O3/c18-10-7-23(16-12(10)15(19)21-8-22-16)17-14(25)13(24)11(26-17)4-3-9-2-1-5-20-6-9/h3-4,7-9,11,13-14,17,20,24-25H,1-2,5-6H2,(H2,19,21,22)/b4-3+/t9?,11-,13-,14-,17-/m1/s1. The first-order valence-corrected chi connectivity index (χ1v) is 9.52. The molecule has 2 aliphatic heterocycles. The number of hydrogen-bond acceptors (Lipinski definition) is 7. The van der Waals surface area contributed by atoms with Gasteiger partial charge in [0.15, 0.2) is 6.23 Å². The molecule has 26 heavy (non-hydrogen) atoms. The average Bonchev–Trinajstić information content (AvgIpc) is 3.13. The summed E-state index contributed by atoms with van der Waals surface area (Å²) >= 11 is 3.45. The van der Waals surface area contributed by atoms with Crippen LogP contribution >= 0.6 is 15.9 Å². The van der Waals surface area contributed by atoms with Crippen LogP contribution in [0.1, 0.15) is 19.1 Å². The fourth-order valence-corrected chi connectivity index (χ4v) is 4.24. The van der Waals surface area contributed by atoms with E-state index in [-0.39, 0.29) is 0 Å². The summed E-state index contributed by atoms with van der Waals surface area (Å²) in [7, 11) is 0. The van der Waals surface area contributed by atoms with Gasteiger partial charge in [-0.3, -0.25) is 0 Å². The SMILES string of the molecule is Nc1ncnc2c1c(Br)cn2[C@@H]1O[C@H](/C=C/C2CCCNC2)[C@@H](O)[C@H]1O. The van der Waals surface area contributed by atoms with Gasteiger partial charge in [-0.05, 0) is 41.2 Å². The number of aliphatic hydroxyl groups excluding tert-OH is 2. The number of nitrogens with one attached hydrogen (secondary N) is 1. The molecule has 2 aromatic heterocycles. The molecule has 9 heteroatoms. The molecule has 0 radical (unpaired) electrons. The normalized spacial score (nSPS) is 32.7. The molecular weight excluding hydrogens is 402 g/mol. The Morgan fingerprint density at radius 1 is 1.31 bits per heavy atom. The predicted molar refractivity (Wildman–Crippen MR) is 100 cm³/mol. The number of piperidine rings is 1. The molecule has 2 saturated heterocycles. The number of aliphatic hydroxyl groups is 2. The maximum atomic E-state index is 10.5. The van der Waals surface area contributed by atoms with Crippen LogP contribution in [0.2, 0.25) is 0 Å². The van der Waals surface area contributed by atoms with Crippen molar-refractivity contribution >= 4 is 32.8 Å². The molecule has 4 rings (SSSR count). The lowest BCUT2D eigenvalue weighted by Gasteiger charge is -2.20. The van der Waals surface area contributed by atoms with E-state index in [0.717, 1.165) is 25.9 Å². The van der Waals surface area contributed by atoms with Gasteiger partial charge in [-0.15, -0.1) is 0 Å². The van der Waals surface area contributed by atoms with Crippen LogP contribution in [-0.4, -0.2) is 56.1 Å². The van der Waals surface area contributed by atoms with Crippen molar-refractivity contribution in [2.24, 2.45) is 5.92 Å². The minimum Gasteiger partial charge on any atom is -0.387 e. The van der Waals surface area contributed by atoms with E-state index in [0.29, 0.717) is 27.2 Å². The molecule has 5 N–H and O–H groups in total. The molecule has 2 aliphatic rings. The molecule has 0 bridgehead atoms. The Bertz CT molecular complexity index is 820. The molecule has 0 aromatic carbocycles. The van der Waals surface area contributed by atoms with E-state index in [4.69, 9.17) is 10.5 Å². The second kappa shape index (κ2) is 7.24. The second-order valence-corrected chi connectivity index (χ2v) is 7.66. The highest BCUT2D eigenvalue weighted by molar-refractivity contribution is 9.10. The summed E-state index contributed by atoms with van der Waals surface area (Å²) in [5, 5.41) is 25.0. The molecule has 2 fully saturated rings. The Kier molecular flexibility index (Phi) is 4.98. The number of nitrogens with two attached hydrogens (primary N) is 1. The highest BCUT2D eigenvalue weighted by Crippen LogP contribution is 2.36. The predicted octanol–water partition coefficient (Wildman–Crippen LogP) is 0.951. The lowest BCUT2D eigenvalue weighted by molar-refractivity contribution is -0.0242. The highest BCUT2D eigenvalue weighted by Gasteiger charge is 2.43. The van der Waals surface area contributed by atoms with Crippen LogP contribution in [0.5, 0.6) is 0 Å². The van der Waals surface area contributed by atoms with E-state index in [9.17, 15) is 10.2 Å². The Hall–Kier alpha value is -1.52. The first-order chi connectivity index (χ1) is 12.6. The molecule has 0 saturated carbocycles. The highest BCUT2D eigenvalue weighted by atomic mass is 79.9. The minimum absolute atomic E-state index is 0.343. The number of anilines is 1. The van der Waals surface area contributed by atoms with E-state index in [1.807, 2.05) is 6.08 Å². The van der Waals surface area contributed by atoms with Crippen molar-refractivity contribution < 1.29 is 14.9 Å². The molecule has 140 valence electrons. The first-order valence-electron chi connectivity index (χ1n) is 8.73. The maximum Gasteiger partial charge on any atom is 0.164 e. The Morgan fingerprint density at radius 2 is 2.15 bits per heavy atom. The van der Waals surface area contributed by atoms with Crippen LogP contribution in [0.15, 0.2) is 29.1 Å². The maximum absolute atomic E-state index is 10.5. The summed E-state index contributed by atoms with van der Waals surface area (Å²) in [6.45, 7) is 1.98. The van der Waals surface area contributed by atoms with Gasteiger partial charge in [-0.1, -0.05) is 12.2 Å². The number of hydrogen-bond donors (Lipinski definition) is 4. The smallest absolute Gasteiger partial charge is 0.164 e. The fraction of sp³-hybridized carbons (Fsp3) is 0.529. The van der Waals surface area contributed by atoms with Crippen molar-refractivity contribution in [2.45, 2.75) is 37.4 Å². The largest absolute Gasteiger partial charge is 0.387 e. The van der Waals surface area contributed by atoms with Crippen molar-refractivity contribution in [3.05, 3.63) is 29.1 Å². The zero-order chi connectivity index (χ0) is 18.3. The van der Waals surface area contributed by atoms with Gasteiger partial charge in [0.1, 0.15) is 36.1 Å². The van der Waals surface area contributed by atoms with Crippen molar-refractivity contribution in [3.63, 3.8) is 0 Å². The Morgan fingerprint density at radius 3 is 2.92 bits per heavy atom. The summed E-state index contributed by atoms with van der Waals surface area (Å²) in [6.07, 6.45) is 5.87. The molecule has 0 spiro atoms. The number of aromatic nitrogens is 3. The van der Waals surface area contributed by atoms with Gasteiger partial charge in [-0.2, -0.15) is 0 Å². The number of ether oxygens (including phenoxy) is 1. The van der Waals surface area contributed by atoms with E-state index in [1.54, 1.807) is 10.8 Å². The summed E-state index contributed by atoms with van der Waals surface area (Å²) in [4.78, 5) is 8.25. The fourth-order valence-electron chi connectivity index (χ4n) is 3.64. The molecule has 8 nitrogen and oxygen atoms in total. The topological polar surface area (TPSA) is 118 Å². The third-order valence-electron chi connectivity index (χ3n) is 5.05. The summed E-state index contributed by atoms with van der Waals surface area (Å²) < 4.78 is 8.35. The minimum atomic E-state index is -1.08. The molecule has 0 aliphatic carbocycles. The monoisotopic (exact) mass is 423 g/mol. The quantitative estimate of drug-likeness (QED) is 0.542. The van der Waals surface area contributed by atoms with E-state index in [1.165, 1.54) is 6.33 Å².